The minimum Gasteiger partial charge on any atom is -0.466 e. The number of nitrogens with one attached hydrogen (secondary N) is 1. The van der Waals surface area contributed by atoms with Gasteiger partial charge in [0.2, 0.25) is 0 Å². The van der Waals surface area contributed by atoms with Crippen LogP contribution < -0.4 is 9.80 Å². The molecule has 0 saturated carbocycles. The number of benzene rings is 1. The van der Waals surface area contributed by atoms with E-state index in [-0.39, 0.29) is 6.42 Å². The minimum absolute atomic E-state index is 0.00919. The van der Waals surface area contributed by atoms with Gasteiger partial charge in [-0.25, -0.2) is 19.3 Å². The molecule has 0 atom stereocenters. The van der Waals surface area contributed by atoms with E-state index in [1.807, 2.05) is 35.2 Å². The smallest absolute Gasteiger partial charge is 0.310 e. The first-order valence-corrected chi connectivity index (χ1v) is 11.8. The lowest BCUT2D eigenvalue weighted by Crippen LogP contribution is -2.47. The van der Waals surface area contributed by atoms with Crippen molar-refractivity contribution in [1.29, 1.82) is 0 Å². The monoisotopic (exact) mass is 494 g/mol. The van der Waals surface area contributed by atoms with Gasteiger partial charge in [0.15, 0.2) is 11.6 Å². The van der Waals surface area contributed by atoms with Crippen molar-refractivity contribution in [2.24, 2.45) is 0 Å². The van der Waals surface area contributed by atoms with Crippen LogP contribution in [0.15, 0.2) is 48.8 Å². The van der Waals surface area contributed by atoms with Gasteiger partial charge >= 0.3 is 5.97 Å². The van der Waals surface area contributed by atoms with Crippen LogP contribution in [0, 0.1) is 5.82 Å². The van der Waals surface area contributed by atoms with E-state index in [0.717, 1.165) is 28.2 Å². The van der Waals surface area contributed by atoms with Crippen LogP contribution in [0.25, 0.3) is 22.4 Å². The molecule has 0 spiro atoms. The second-order valence-corrected chi connectivity index (χ2v) is 8.69. The number of hydrogen-bond acceptors (Lipinski definition) is 7. The number of aromatic amines is 1. The highest BCUT2D eigenvalue weighted by Gasteiger charge is 2.22. The van der Waals surface area contributed by atoms with Gasteiger partial charge in [-0.05, 0) is 48.9 Å². The summed E-state index contributed by atoms with van der Waals surface area (Å²) in [6.07, 6.45) is 3.34. The maximum atomic E-state index is 14.7. The molecule has 35 heavy (non-hydrogen) atoms. The second-order valence-electron chi connectivity index (χ2n) is 8.26. The molecule has 5 rings (SSSR count). The number of aromatic nitrogens is 4. The summed E-state index contributed by atoms with van der Waals surface area (Å²) in [4.78, 5) is 32.5. The largest absolute Gasteiger partial charge is 0.466 e. The molecular weight excluding hydrogens is 471 g/mol. The van der Waals surface area contributed by atoms with Gasteiger partial charge in [0.25, 0.3) is 0 Å². The number of carbonyl (C=O) groups is 1. The van der Waals surface area contributed by atoms with E-state index < -0.39 is 11.8 Å². The summed E-state index contributed by atoms with van der Waals surface area (Å²) < 4.78 is 19.6. The van der Waals surface area contributed by atoms with Crippen LogP contribution in [0.1, 0.15) is 12.5 Å². The maximum Gasteiger partial charge on any atom is 0.310 e. The van der Waals surface area contributed by atoms with Crippen LogP contribution in [-0.2, 0) is 16.0 Å². The molecular formula is C25H24ClFN6O2. The number of imidazole rings is 1. The lowest BCUT2D eigenvalue weighted by molar-refractivity contribution is -0.142. The van der Waals surface area contributed by atoms with Crippen LogP contribution in [-0.4, -0.2) is 58.7 Å². The molecule has 1 N–H and O–H groups in total. The molecule has 0 radical (unpaired) electrons. The number of pyridine rings is 2. The Bertz CT molecular complexity index is 1350. The number of piperazine rings is 1. The van der Waals surface area contributed by atoms with E-state index in [1.54, 1.807) is 13.1 Å². The van der Waals surface area contributed by atoms with Gasteiger partial charge in [0.05, 0.1) is 24.1 Å². The Morgan fingerprint density at radius 1 is 1.09 bits per heavy atom. The molecule has 1 aliphatic heterocycles. The zero-order valence-corrected chi connectivity index (χ0v) is 19.9. The van der Waals surface area contributed by atoms with Crippen molar-refractivity contribution in [3.63, 3.8) is 0 Å². The fraction of sp³-hybridized carbons (Fsp3) is 0.280. The van der Waals surface area contributed by atoms with Gasteiger partial charge in [0, 0.05) is 49.2 Å². The minimum atomic E-state index is -0.435. The summed E-state index contributed by atoms with van der Waals surface area (Å²) in [5.74, 6) is 1.06. The lowest BCUT2D eigenvalue weighted by atomic mass is 10.2. The molecule has 1 saturated heterocycles. The van der Waals surface area contributed by atoms with Gasteiger partial charge in [-0.3, -0.25) is 4.79 Å². The van der Waals surface area contributed by atoms with E-state index in [9.17, 15) is 9.18 Å². The summed E-state index contributed by atoms with van der Waals surface area (Å²) in [5.41, 5.74) is 3.11. The molecule has 0 unspecified atom stereocenters. The third kappa shape index (κ3) is 5.05. The predicted octanol–water partition coefficient (Wildman–Crippen LogP) is 4.24. The first kappa shape index (κ1) is 23.0. The third-order valence-electron chi connectivity index (χ3n) is 5.90. The Hall–Kier alpha value is -3.72. The standard InChI is InChI=1S/C25H24ClFN6O2/c1-2-35-23(34)12-16-11-19(27)25(29-14-16)33-9-7-32(8-10-33)22-6-3-17(15-28-22)24-30-20-5-4-18(26)13-21(20)31-24/h3-6,11,13-15H,2,7-10,12H2,1H3,(H,30,31). The second kappa shape index (κ2) is 9.87. The molecule has 1 aromatic carbocycles. The Morgan fingerprint density at radius 2 is 1.89 bits per heavy atom. The normalized spacial score (nSPS) is 13.9. The Morgan fingerprint density at radius 3 is 2.60 bits per heavy atom. The van der Waals surface area contributed by atoms with Crippen molar-refractivity contribution in [2.75, 3.05) is 42.6 Å². The number of fused-ring (bicyclic) bond motifs is 1. The van der Waals surface area contributed by atoms with Gasteiger partial charge in [-0.1, -0.05) is 11.6 Å². The summed E-state index contributed by atoms with van der Waals surface area (Å²) in [7, 11) is 0. The highest BCUT2D eigenvalue weighted by atomic mass is 35.5. The van der Waals surface area contributed by atoms with Crippen molar-refractivity contribution >= 4 is 40.2 Å². The van der Waals surface area contributed by atoms with E-state index in [0.29, 0.717) is 49.2 Å². The summed E-state index contributed by atoms with van der Waals surface area (Å²) in [6, 6.07) is 10.9. The number of halogens is 2. The van der Waals surface area contributed by atoms with Crippen LogP contribution in [0.4, 0.5) is 16.0 Å². The summed E-state index contributed by atoms with van der Waals surface area (Å²) >= 11 is 6.06. The van der Waals surface area contributed by atoms with Crippen molar-refractivity contribution in [3.05, 3.63) is 65.2 Å². The molecule has 3 aromatic heterocycles. The van der Waals surface area contributed by atoms with E-state index >= 15 is 0 Å². The van der Waals surface area contributed by atoms with Gasteiger partial charge < -0.3 is 19.5 Å². The number of ether oxygens (including phenoxy) is 1. The van der Waals surface area contributed by atoms with Gasteiger partial charge in [-0.15, -0.1) is 0 Å². The zero-order valence-electron chi connectivity index (χ0n) is 19.2. The fourth-order valence-corrected chi connectivity index (χ4v) is 4.33. The lowest BCUT2D eigenvalue weighted by Gasteiger charge is -2.36. The molecule has 0 amide bonds. The molecule has 0 bridgehead atoms. The molecule has 0 aliphatic carbocycles. The number of anilines is 2. The van der Waals surface area contributed by atoms with Crippen molar-refractivity contribution in [3.8, 4) is 11.4 Å². The van der Waals surface area contributed by atoms with Crippen molar-refractivity contribution in [1.82, 2.24) is 19.9 Å². The van der Waals surface area contributed by atoms with Crippen molar-refractivity contribution < 1.29 is 13.9 Å². The van der Waals surface area contributed by atoms with Gasteiger partial charge in [-0.2, -0.15) is 0 Å². The fourth-order valence-electron chi connectivity index (χ4n) is 4.16. The van der Waals surface area contributed by atoms with E-state index in [2.05, 4.69) is 24.8 Å². The van der Waals surface area contributed by atoms with Crippen LogP contribution in [0.3, 0.4) is 0 Å². The van der Waals surface area contributed by atoms with Crippen molar-refractivity contribution in [2.45, 2.75) is 13.3 Å². The number of esters is 1. The average Bonchev–Trinajstić information content (AvgIpc) is 3.28. The third-order valence-corrected chi connectivity index (χ3v) is 6.14. The van der Waals surface area contributed by atoms with Crippen LogP contribution in [0.5, 0.6) is 0 Å². The van der Waals surface area contributed by atoms with Gasteiger partial charge in [0.1, 0.15) is 11.6 Å². The Labute approximate surface area is 206 Å². The molecule has 1 aliphatic rings. The average molecular weight is 495 g/mol. The van der Waals surface area contributed by atoms with E-state index in [1.165, 1.54) is 12.3 Å². The number of rotatable bonds is 6. The van der Waals surface area contributed by atoms with Crippen LogP contribution >= 0.6 is 11.6 Å². The highest BCUT2D eigenvalue weighted by Crippen LogP contribution is 2.25. The Balaban J connectivity index is 1.22. The zero-order chi connectivity index (χ0) is 24.4. The molecule has 4 heterocycles. The van der Waals surface area contributed by atoms with Crippen LogP contribution in [0.2, 0.25) is 5.02 Å². The topological polar surface area (TPSA) is 87.2 Å². The quantitative estimate of drug-likeness (QED) is 0.401. The SMILES string of the molecule is CCOC(=O)Cc1cnc(N2CCN(c3ccc(-c4nc5ccc(Cl)cc5[nH]4)cn3)CC2)c(F)c1. The van der Waals surface area contributed by atoms with E-state index in [4.69, 9.17) is 16.3 Å². The summed E-state index contributed by atoms with van der Waals surface area (Å²) in [5, 5.41) is 0.656. The number of H-pyrrole nitrogens is 1. The highest BCUT2D eigenvalue weighted by molar-refractivity contribution is 6.31. The maximum absolute atomic E-state index is 14.7. The molecule has 10 heteroatoms. The first-order valence-electron chi connectivity index (χ1n) is 11.4. The molecule has 8 nitrogen and oxygen atoms in total. The number of carbonyl (C=O) groups excluding carboxylic acids is 1. The number of hydrogen-bond donors (Lipinski definition) is 1. The Kier molecular flexibility index (Phi) is 6.50. The number of nitrogens with zero attached hydrogens (tertiary/aromatic N) is 5. The molecule has 180 valence electrons. The molecule has 4 aromatic rings. The summed E-state index contributed by atoms with van der Waals surface area (Å²) in [6.45, 7) is 4.61. The molecule has 1 fully saturated rings. The predicted molar refractivity (Wildman–Crippen MR) is 133 cm³/mol. The first-order chi connectivity index (χ1) is 17.0.